The molecule has 0 radical (unpaired) electrons. The van der Waals surface area contributed by atoms with Crippen molar-refractivity contribution in [3.05, 3.63) is 69.9 Å². The average Bonchev–Trinajstić information content (AvgIpc) is 3.04. The van der Waals surface area contributed by atoms with Crippen molar-refractivity contribution < 1.29 is 18.7 Å². The second kappa shape index (κ2) is 8.10. The number of methoxy groups -OCH3 is 2. The third-order valence-corrected chi connectivity index (χ3v) is 5.02. The number of nitrogens with one attached hydrogen (secondary N) is 1. The summed E-state index contributed by atoms with van der Waals surface area (Å²) in [5.41, 5.74) is 1.98. The topological polar surface area (TPSA) is 86.9 Å². The number of fused-ring (bicyclic) bond motifs is 3. The van der Waals surface area contributed by atoms with Gasteiger partial charge < -0.3 is 14.8 Å². The molecule has 160 valence electrons. The fourth-order valence-corrected chi connectivity index (χ4v) is 3.63. The van der Waals surface area contributed by atoms with E-state index >= 15 is 0 Å². The SMILES string of the molecule is COc1cc2c(cc1OC)n(CC(=O)NCc1cccc(F)c1)n1c(C)cc(=O)nc21. The fourth-order valence-electron chi connectivity index (χ4n) is 3.63. The van der Waals surface area contributed by atoms with Gasteiger partial charge in [0.05, 0.1) is 19.7 Å². The lowest BCUT2D eigenvalue weighted by molar-refractivity contribution is -0.122. The monoisotopic (exact) mass is 424 g/mol. The lowest BCUT2D eigenvalue weighted by Crippen LogP contribution is -2.29. The number of hydrogen-bond acceptors (Lipinski definition) is 5. The molecule has 2 aromatic carbocycles. The van der Waals surface area contributed by atoms with Gasteiger partial charge in [0.1, 0.15) is 12.4 Å². The lowest BCUT2D eigenvalue weighted by atomic mass is 10.2. The standard InChI is InChI=1S/C22H21FN4O4/c1-13-7-20(28)25-22-16-9-18(30-2)19(31-3)10-17(16)26(27(13)22)12-21(29)24-11-14-5-4-6-15(23)8-14/h4-10H,11-12H2,1-3H3,(H,24,29). The fraction of sp³-hybridized carbons (Fsp3) is 0.227. The molecule has 0 atom stereocenters. The van der Waals surface area contributed by atoms with Crippen molar-refractivity contribution in [2.24, 2.45) is 0 Å². The number of ether oxygens (including phenoxy) is 2. The summed E-state index contributed by atoms with van der Waals surface area (Å²) in [5, 5.41) is 3.45. The van der Waals surface area contributed by atoms with Crippen LogP contribution in [0.15, 0.2) is 47.3 Å². The van der Waals surface area contributed by atoms with Crippen molar-refractivity contribution in [3.63, 3.8) is 0 Å². The number of carbonyl (C=O) groups is 1. The van der Waals surface area contributed by atoms with Crippen molar-refractivity contribution in [2.45, 2.75) is 20.0 Å². The number of benzene rings is 2. The van der Waals surface area contributed by atoms with Crippen molar-refractivity contribution in [3.8, 4) is 11.5 Å². The summed E-state index contributed by atoms with van der Waals surface area (Å²) >= 11 is 0. The zero-order valence-corrected chi connectivity index (χ0v) is 17.3. The van der Waals surface area contributed by atoms with Crippen molar-refractivity contribution in [2.75, 3.05) is 14.2 Å². The van der Waals surface area contributed by atoms with E-state index < -0.39 is 0 Å². The maximum atomic E-state index is 13.4. The van der Waals surface area contributed by atoms with Gasteiger partial charge in [0, 0.05) is 29.8 Å². The molecule has 0 saturated heterocycles. The van der Waals surface area contributed by atoms with Gasteiger partial charge in [-0.25, -0.2) is 8.91 Å². The number of nitrogens with zero attached hydrogens (tertiary/aromatic N) is 3. The Kier molecular flexibility index (Phi) is 5.33. The van der Waals surface area contributed by atoms with E-state index in [2.05, 4.69) is 10.3 Å². The van der Waals surface area contributed by atoms with Crippen LogP contribution in [-0.4, -0.2) is 34.3 Å². The summed E-state index contributed by atoms with van der Waals surface area (Å²) in [4.78, 5) is 28.9. The zero-order chi connectivity index (χ0) is 22.1. The van der Waals surface area contributed by atoms with Crippen LogP contribution in [0.5, 0.6) is 11.5 Å². The second-order valence-electron chi connectivity index (χ2n) is 7.06. The molecule has 31 heavy (non-hydrogen) atoms. The summed E-state index contributed by atoms with van der Waals surface area (Å²) in [6, 6.07) is 10.9. The predicted octanol–water partition coefficient (Wildman–Crippen LogP) is 2.43. The summed E-state index contributed by atoms with van der Waals surface area (Å²) in [6.07, 6.45) is 0. The van der Waals surface area contributed by atoms with Gasteiger partial charge >= 0.3 is 0 Å². The molecule has 0 spiro atoms. The van der Waals surface area contributed by atoms with E-state index in [1.807, 2.05) is 0 Å². The Morgan fingerprint density at radius 1 is 1.13 bits per heavy atom. The van der Waals surface area contributed by atoms with Gasteiger partial charge in [0.15, 0.2) is 17.1 Å². The third-order valence-electron chi connectivity index (χ3n) is 5.02. The largest absolute Gasteiger partial charge is 0.493 e. The highest BCUT2D eigenvalue weighted by Gasteiger charge is 2.19. The van der Waals surface area contributed by atoms with Gasteiger partial charge in [-0.1, -0.05) is 12.1 Å². The molecule has 2 aromatic heterocycles. The molecule has 0 fully saturated rings. The maximum Gasteiger partial charge on any atom is 0.273 e. The Morgan fingerprint density at radius 3 is 2.58 bits per heavy atom. The minimum absolute atomic E-state index is 0.0454. The quantitative estimate of drug-likeness (QED) is 0.514. The Labute approximate surface area is 176 Å². The number of hydrogen-bond donors (Lipinski definition) is 1. The molecule has 0 bridgehead atoms. The molecule has 0 aliphatic carbocycles. The number of amides is 1. The molecule has 2 heterocycles. The van der Waals surface area contributed by atoms with Gasteiger partial charge in [0.2, 0.25) is 5.91 Å². The van der Waals surface area contributed by atoms with Crippen LogP contribution >= 0.6 is 0 Å². The minimum Gasteiger partial charge on any atom is -0.493 e. The van der Waals surface area contributed by atoms with Crippen molar-refractivity contribution in [1.29, 1.82) is 0 Å². The van der Waals surface area contributed by atoms with E-state index in [9.17, 15) is 14.0 Å². The Hall–Kier alpha value is -3.88. The van der Waals surface area contributed by atoms with Crippen LogP contribution in [0.4, 0.5) is 4.39 Å². The van der Waals surface area contributed by atoms with Crippen molar-refractivity contribution >= 4 is 22.5 Å². The number of aryl methyl sites for hydroxylation is 1. The van der Waals surface area contributed by atoms with E-state index in [1.165, 1.54) is 32.4 Å². The van der Waals surface area contributed by atoms with Crippen LogP contribution in [0.1, 0.15) is 11.3 Å². The zero-order valence-electron chi connectivity index (χ0n) is 17.3. The predicted molar refractivity (Wildman–Crippen MR) is 113 cm³/mol. The first kappa shape index (κ1) is 20.4. The Bertz CT molecular complexity index is 1360. The molecule has 1 N–H and O–H groups in total. The summed E-state index contributed by atoms with van der Waals surface area (Å²) in [5.74, 6) is 0.331. The second-order valence-corrected chi connectivity index (χ2v) is 7.06. The van der Waals surface area contributed by atoms with E-state index in [0.717, 1.165) is 0 Å². The van der Waals surface area contributed by atoms with Crippen molar-refractivity contribution in [1.82, 2.24) is 19.5 Å². The molecule has 1 amide bonds. The van der Waals surface area contributed by atoms with Gasteiger partial charge in [-0.05, 0) is 30.7 Å². The Morgan fingerprint density at radius 2 is 1.87 bits per heavy atom. The molecule has 0 unspecified atom stereocenters. The van der Waals surface area contributed by atoms with E-state index in [-0.39, 0.29) is 30.4 Å². The Balaban J connectivity index is 1.77. The van der Waals surface area contributed by atoms with Crippen LogP contribution in [0.3, 0.4) is 0 Å². The maximum absolute atomic E-state index is 13.4. The highest BCUT2D eigenvalue weighted by atomic mass is 19.1. The molecule has 9 heteroatoms. The van der Waals surface area contributed by atoms with E-state index in [4.69, 9.17) is 9.47 Å². The molecule has 0 aliphatic rings. The average molecular weight is 424 g/mol. The summed E-state index contributed by atoms with van der Waals surface area (Å²) in [7, 11) is 3.04. The minimum atomic E-state index is -0.373. The van der Waals surface area contributed by atoms with Crippen LogP contribution < -0.4 is 20.3 Å². The first-order valence-corrected chi connectivity index (χ1v) is 9.57. The normalized spacial score (nSPS) is 11.1. The molecule has 0 aliphatic heterocycles. The van der Waals surface area contributed by atoms with Gasteiger partial charge in [-0.3, -0.25) is 14.3 Å². The summed E-state index contributed by atoms with van der Waals surface area (Å²) in [6.45, 7) is 1.91. The van der Waals surface area contributed by atoms with Crippen LogP contribution in [0.2, 0.25) is 0 Å². The smallest absolute Gasteiger partial charge is 0.273 e. The van der Waals surface area contributed by atoms with E-state index in [0.29, 0.717) is 39.3 Å². The molecular formula is C22H21FN4O4. The highest BCUT2D eigenvalue weighted by Crippen LogP contribution is 2.34. The molecule has 4 aromatic rings. The molecule has 0 saturated carbocycles. The summed E-state index contributed by atoms with van der Waals surface area (Å²) < 4.78 is 27.6. The third kappa shape index (κ3) is 3.81. The van der Waals surface area contributed by atoms with Gasteiger partial charge in [-0.15, -0.1) is 0 Å². The number of rotatable bonds is 6. The van der Waals surface area contributed by atoms with Crippen LogP contribution in [0, 0.1) is 12.7 Å². The van der Waals surface area contributed by atoms with Gasteiger partial charge in [-0.2, -0.15) is 4.98 Å². The van der Waals surface area contributed by atoms with Crippen LogP contribution in [0.25, 0.3) is 16.6 Å². The number of aromatic nitrogens is 3. The lowest BCUT2D eigenvalue weighted by Gasteiger charge is -2.12. The number of carbonyl (C=O) groups excluding carboxylic acids is 1. The molecular weight excluding hydrogens is 403 g/mol. The first-order chi connectivity index (χ1) is 14.9. The number of halogens is 1. The van der Waals surface area contributed by atoms with Crippen LogP contribution in [-0.2, 0) is 17.9 Å². The van der Waals surface area contributed by atoms with E-state index in [1.54, 1.807) is 40.4 Å². The highest BCUT2D eigenvalue weighted by molar-refractivity contribution is 5.96. The molecule has 4 rings (SSSR count). The molecule has 8 nitrogen and oxygen atoms in total. The van der Waals surface area contributed by atoms with Gasteiger partial charge in [0.25, 0.3) is 5.56 Å². The first-order valence-electron chi connectivity index (χ1n) is 9.57.